The maximum atomic E-state index is 12.9. The molecule has 0 aliphatic heterocycles. The van der Waals surface area contributed by atoms with E-state index in [1.54, 1.807) is 0 Å². The highest BCUT2D eigenvalue weighted by molar-refractivity contribution is 7.80. The molecule has 2 atom stereocenters. The molecule has 1 aliphatic rings. The molecule has 2 rings (SSSR count). The predicted molar refractivity (Wildman–Crippen MR) is 88.6 cm³/mol. The zero-order valence-corrected chi connectivity index (χ0v) is 14.4. The van der Waals surface area contributed by atoms with Gasteiger partial charge in [-0.1, -0.05) is 12.8 Å². The monoisotopic (exact) mass is 400 g/mol. The van der Waals surface area contributed by atoms with Crippen LogP contribution in [-0.4, -0.2) is 22.9 Å². The lowest BCUT2D eigenvalue weighted by Gasteiger charge is -2.31. The van der Waals surface area contributed by atoms with E-state index in [1.165, 1.54) is 0 Å². The van der Waals surface area contributed by atoms with Crippen molar-refractivity contribution in [2.45, 2.75) is 44.1 Å². The summed E-state index contributed by atoms with van der Waals surface area (Å²) >= 11 is 5.02. The second-order valence-electron chi connectivity index (χ2n) is 6.23. The van der Waals surface area contributed by atoms with Gasteiger partial charge in [-0.3, -0.25) is 0 Å². The molecule has 0 heterocycles. The molecule has 26 heavy (non-hydrogen) atoms. The summed E-state index contributed by atoms with van der Waals surface area (Å²) in [7, 11) is 0. The van der Waals surface area contributed by atoms with Crippen molar-refractivity contribution in [3.05, 3.63) is 29.3 Å². The highest BCUT2D eigenvalue weighted by Gasteiger charge is 2.37. The summed E-state index contributed by atoms with van der Waals surface area (Å²) in [6.07, 6.45) is -6.50. The molecule has 1 aromatic carbocycles. The maximum absolute atomic E-state index is 12.9. The molecular formula is C16H18F6N2OS. The Balaban J connectivity index is 2.18. The molecule has 0 radical (unpaired) electrons. The minimum atomic E-state index is -4.92. The molecular weight excluding hydrogens is 382 g/mol. The maximum Gasteiger partial charge on any atom is 0.416 e. The van der Waals surface area contributed by atoms with Crippen molar-refractivity contribution >= 4 is 23.0 Å². The Morgan fingerprint density at radius 3 is 2.04 bits per heavy atom. The molecule has 10 heteroatoms. The largest absolute Gasteiger partial charge is 0.416 e. The number of thiocarbonyl (C=S) groups is 1. The number of aliphatic hydroxyl groups excluding tert-OH is 1. The van der Waals surface area contributed by atoms with Crippen LogP contribution in [0.3, 0.4) is 0 Å². The van der Waals surface area contributed by atoms with Gasteiger partial charge in [0.15, 0.2) is 5.11 Å². The average molecular weight is 400 g/mol. The number of nitrogens with one attached hydrogen (secondary N) is 2. The SMILES string of the molecule is OC[C@@H]1CCCC[C@H]1NC(=S)Nc1cc(C(F)(F)F)cc(C(F)(F)F)c1. The second-order valence-corrected chi connectivity index (χ2v) is 6.63. The first kappa shape index (κ1) is 20.8. The quantitative estimate of drug-likeness (QED) is 0.514. The summed E-state index contributed by atoms with van der Waals surface area (Å²) in [6, 6.07) is 1.04. The zero-order valence-electron chi connectivity index (χ0n) is 13.5. The first-order valence-electron chi connectivity index (χ1n) is 7.98. The van der Waals surface area contributed by atoms with Gasteiger partial charge in [-0.25, -0.2) is 0 Å². The van der Waals surface area contributed by atoms with Crippen molar-refractivity contribution in [3.63, 3.8) is 0 Å². The van der Waals surface area contributed by atoms with E-state index >= 15 is 0 Å². The van der Waals surface area contributed by atoms with Crippen molar-refractivity contribution < 1.29 is 31.4 Å². The number of benzene rings is 1. The van der Waals surface area contributed by atoms with Gasteiger partial charge in [0, 0.05) is 24.3 Å². The minimum absolute atomic E-state index is 0.0595. The molecule has 146 valence electrons. The number of aliphatic hydroxyl groups is 1. The lowest BCUT2D eigenvalue weighted by atomic mass is 9.85. The molecule has 3 N–H and O–H groups in total. The number of halogens is 6. The third-order valence-corrected chi connectivity index (χ3v) is 4.53. The highest BCUT2D eigenvalue weighted by Crippen LogP contribution is 2.37. The standard InChI is InChI=1S/C16H18F6N2OS/c17-15(18,19)10-5-11(16(20,21)22)7-12(6-10)23-14(26)24-13-4-2-1-3-9(13)8-25/h5-7,9,13,25H,1-4,8H2,(H2,23,24,26)/t9-,13+/m0/s1. The number of hydrogen-bond acceptors (Lipinski definition) is 2. The average Bonchev–Trinajstić information content (AvgIpc) is 2.53. The number of alkyl halides is 6. The fraction of sp³-hybridized carbons (Fsp3) is 0.562. The fourth-order valence-corrected chi connectivity index (χ4v) is 3.25. The molecule has 1 aliphatic carbocycles. The van der Waals surface area contributed by atoms with Gasteiger partial charge in [0.05, 0.1) is 11.1 Å². The van der Waals surface area contributed by atoms with E-state index in [1.807, 2.05) is 0 Å². The van der Waals surface area contributed by atoms with E-state index in [0.29, 0.717) is 18.6 Å². The summed E-state index contributed by atoms with van der Waals surface area (Å²) < 4.78 is 77.2. The predicted octanol–water partition coefficient (Wildman–Crippen LogP) is 4.56. The van der Waals surface area contributed by atoms with Crippen LogP contribution in [0.4, 0.5) is 32.0 Å². The Morgan fingerprint density at radius 1 is 1.00 bits per heavy atom. The molecule has 0 spiro atoms. The van der Waals surface area contributed by atoms with Gasteiger partial charge in [-0.05, 0) is 43.3 Å². The summed E-state index contributed by atoms with van der Waals surface area (Å²) in [4.78, 5) is 0. The van der Waals surface area contributed by atoms with E-state index < -0.39 is 29.2 Å². The molecule has 0 amide bonds. The molecule has 0 saturated heterocycles. The first-order valence-corrected chi connectivity index (χ1v) is 8.39. The highest BCUT2D eigenvalue weighted by atomic mass is 32.1. The van der Waals surface area contributed by atoms with Crippen molar-refractivity contribution in [3.8, 4) is 0 Å². The van der Waals surface area contributed by atoms with E-state index in [4.69, 9.17) is 12.2 Å². The van der Waals surface area contributed by atoms with E-state index in [2.05, 4.69) is 10.6 Å². The minimum Gasteiger partial charge on any atom is -0.396 e. The lowest BCUT2D eigenvalue weighted by molar-refractivity contribution is -0.143. The van der Waals surface area contributed by atoms with Crippen molar-refractivity contribution in [1.29, 1.82) is 0 Å². The Labute approximate surface area is 151 Å². The van der Waals surface area contributed by atoms with Crippen LogP contribution < -0.4 is 10.6 Å². The van der Waals surface area contributed by atoms with Crippen molar-refractivity contribution in [2.24, 2.45) is 5.92 Å². The van der Waals surface area contributed by atoms with Crippen LogP contribution in [0.1, 0.15) is 36.8 Å². The summed E-state index contributed by atoms with van der Waals surface area (Å²) in [6.45, 7) is -0.0674. The van der Waals surface area contributed by atoms with E-state index in [9.17, 15) is 31.4 Å². The van der Waals surface area contributed by atoms with Gasteiger partial charge < -0.3 is 15.7 Å². The molecule has 0 bridgehead atoms. The van der Waals surface area contributed by atoms with Crippen LogP contribution in [0, 0.1) is 5.92 Å². The van der Waals surface area contributed by atoms with Crippen LogP contribution in [0.2, 0.25) is 0 Å². The molecule has 1 aromatic rings. The van der Waals surface area contributed by atoms with Crippen LogP contribution >= 0.6 is 12.2 Å². The lowest BCUT2D eigenvalue weighted by Crippen LogP contribution is -2.45. The van der Waals surface area contributed by atoms with Gasteiger partial charge in [-0.15, -0.1) is 0 Å². The van der Waals surface area contributed by atoms with Gasteiger partial charge in [0.25, 0.3) is 0 Å². The molecule has 0 aromatic heterocycles. The van der Waals surface area contributed by atoms with Gasteiger partial charge in [-0.2, -0.15) is 26.3 Å². The summed E-state index contributed by atoms with van der Waals surface area (Å²) in [5, 5.41) is 14.6. The van der Waals surface area contributed by atoms with Gasteiger partial charge in [0.2, 0.25) is 0 Å². The van der Waals surface area contributed by atoms with E-state index in [-0.39, 0.29) is 29.7 Å². The van der Waals surface area contributed by atoms with Crippen LogP contribution in [0.15, 0.2) is 18.2 Å². The number of rotatable bonds is 3. The molecule has 0 unspecified atom stereocenters. The smallest absolute Gasteiger partial charge is 0.396 e. The molecule has 1 saturated carbocycles. The topological polar surface area (TPSA) is 44.3 Å². The molecule has 1 fully saturated rings. The third kappa shape index (κ3) is 5.47. The summed E-state index contributed by atoms with van der Waals surface area (Å²) in [5.41, 5.74) is -3.23. The van der Waals surface area contributed by atoms with E-state index in [0.717, 1.165) is 19.3 Å². The third-order valence-electron chi connectivity index (χ3n) is 4.31. The zero-order chi connectivity index (χ0) is 19.5. The van der Waals surface area contributed by atoms with Crippen LogP contribution in [0.25, 0.3) is 0 Å². The number of hydrogen-bond donors (Lipinski definition) is 3. The van der Waals surface area contributed by atoms with Gasteiger partial charge >= 0.3 is 12.4 Å². The Kier molecular flexibility index (Phi) is 6.38. The van der Waals surface area contributed by atoms with Gasteiger partial charge in [0.1, 0.15) is 0 Å². The Bertz CT molecular complexity index is 614. The normalized spacial score (nSPS) is 21.3. The van der Waals surface area contributed by atoms with Crippen LogP contribution in [0.5, 0.6) is 0 Å². The summed E-state index contributed by atoms with van der Waals surface area (Å²) in [5.74, 6) is -0.0595. The van der Waals surface area contributed by atoms with Crippen LogP contribution in [-0.2, 0) is 12.4 Å². The van der Waals surface area contributed by atoms with Crippen molar-refractivity contribution in [1.82, 2.24) is 5.32 Å². The molecule has 3 nitrogen and oxygen atoms in total. The fourth-order valence-electron chi connectivity index (χ4n) is 2.98. The first-order chi connectivity index (χ1) is 12.0. The Morgan fingerprint density at radius 2 is 1.54 bits per heavy atom. The van der Waals surface area contributed by atoms with Crippen molar-refractivity contribution in [2.75, 3.05) is 11.9 Å². The second kappa shape index (κ2) is 7.99. The Hall–Kier alpha value is -1.55. The number of anilines is 1.